The van der Waals surface area contributed by atoms with Gasteiger partial charge in [0.1, 0.15) is 18.0 Å². The third-order valence-electron chi connectivity index (χ3n) is 5.85. The van der Waals surface area contributed by atoms with Crippen molar-refractivity contribution in [2.75, 3.05) is 13.1 Å². The van der Waals surface area contributed by atoms with Crippen LogP contribution in [0.1, 0.15) is 63.4 Å². The molecule has 2 aromatic rings. The minimum atomic E-state index is -2.12. The molecule has 10 heteroatoms. The van der Waals surface area contributed by atoms with E-state index in [4.69, 9.17) is 18.3 Å². The van der Waals surface area contributed by atoms with Gasteiger partial charge in [-0.25, -0.2) is 4.79 Å². The van der Waals surface area contributed by atoms with Gasteiger partial charge < -0.3 is 29.0 Å². The molecule has 0 saturated carbocycles. The Kier molecular flexibility index (Phi) is 10.1. The molecule has 1 aromatic carbocycles. The van der Waals surface area contributed by atoms with Gasteiger partial charge in [0.15, 0.2) is 8.32 Å². The molecule has 0 fully saturated rings. The highest BCUT2D eigenvalue weighted by molar-refractivity contribution is 6.74. The quantitative estimate of drug-likeness (QED) is 0.327. The van der Waals surface area contributed by atoms with E-state index in [0.717, 1.165) is 5.56 Å². The van der Waals surface area contributed by atoms with Crippen LogP contribution in [0.3, 0.4) is 0 Å². The van der Waals surface area contributed by atoms with Gasteiger partial charge in [0, 0.05) is 19.2 Å². The van der Waals surface area contributed by atoms with E-state index in [2.05, 4.69) is 44.5 Å². The van der Waals surface area contributed by atoms with Crippen LogP contribution in [0, 0.1) is 0 Å². The summed E-state index contributed by atoms with van der Waals surface area (Å²) in [5.41, 5.74) is -0.275. The van der Waals surface area contributed by atoms with E-state index in [9.17, 15) is 14.4 Å². The maximum atomic E-state index is 13.0. The SMILES string of the molecule is CC(C)(C)OC(=O)NCCNC(=O)c1oc(CO[Si](C)(C)C(C)(C)C)cc(=O)c1OCc1ccccc1. The second-order valence-corrected chi connectivity index (χ2v) is 16.1. The zero-order chi connectivity index (χ0) is 27.9. The van der Waals surface area contributed by atoms with Gasteiger partial charge in [-0.15, -0.1) is 0 Å². The lowest BCUT2D eigenvalue weighted by molar-refractivity contribution is 0.0526. The topological polar surface area (TPSA) is 116 Å². The molecule has 0 radical (unpaired) electrons. The number of benzene rings is 1. The van der Waals surface area contributed by atoms with Crippen molar-refractivity contribution in [2.24, 2.45) is 0 Å². The number of amides is 2. The monoisotopic (exact) mass is 532 g/mol. The molecule has 0 atom stereocenters. The predicted octanol–water partition coefficient (Wildman–Crippen LogP) is 5.00. The highest BCUT2D eigenvalue weighted by Gasteiger charge is 2.37. The first-order chi connectivity index (χ1) is 17.1. The Balaban J connectivity index is 2.18. The summed E-state index contributed by atoms with van der Waals surface area (Å²) in [6.45, 7) is 16.2. The molecule has 0 spiro atoms. The van der Waals surface area contributed by atoms with Crippen LogP contribution < -0.4 is 20.8 Å². The summed E-state index contributed by atoms with van der Waals surface area (Å²) < 4.78 is 22.9. The van der Waals surface area contributed by atoms with Gasteiger partial charge in [-0.05, 0) is 44.5 Å². The molecule has 2 amide bonds. The summed E-state index contributed by atoms with van der Waals surface area (Å²) in [5.74, 6) is -0.827. The van der Waals surface area contributed by atoms with E-state index < -0.39 is 31.3 Å². The Morgan fingerprint density at radius 3 is 2.16 bits per heavy atom. The number of rotatable bonds is 10. The number of nitrogens with one attached hydrogen (secondary N) is 2. The Labute approximate surface area is 220 Å². The maximum absolute atomic E-state index is 13.0. The fraction of sp³-hybridized carbons (Fsp3) is 0.519. The third kappa shape index (κ3) is 9.69. The smallest absolute Gasteiger partial charge is 0.407 e. The van der Waals surface area contributed by atoms with Crippen molar-refractivity contribution in [3.05, 3.63) is 63.7 Å². The highest BCUT2D eigenvalue weighted by atomic mass is 28.4. The Morgan fingerprint density at radius 2 is 1.57 bits per heavy atom. The summed E-state index contributed by atoms with van der Waals surface area (Å²) in [4.78, 5) is 37.8. The lowest BCUT2D eigenvalue weighted by Gasteiger charge is -2.35. The predicted molar refractivity (Wildman–Crippen MR) is 144 cm³/mol. The van der Waals surface area contributed by atoms with Crippen molar-refractivity contribution < 1.29 is 27.9 Å². The molecule has 204 valence electrons. The lowest BCUT2D eigenvalue weighted by Crippen LogP contribution is -2.40. The van der Waals surface area contributed by atoms with Crippen molar-refractivity contribution in [1.82, 2.24) is 10.6 Å². The average Bonchev–Trinajstić information content (AvgIpc) is 2.78. The molecule has 0 aliphatic heterocycles. The molecule has 0 aliphatic carbocycles. The maximum Gasteiger partial charge on any atom is 0.407 e. The molecule has 9 nitrogen and oxygen atoms in total. The average molecular weight is 533 g/mol. The number of alkyl carbamates (subject to hydrolysis) is 1. The fourth-order valence-electron chi connectivity index (χ4n) is 2.82. The number of carbonyl (C=O) groups is 2. The van der Waals surface area contributed by atoms with Crippen LogP contribution in [0.5, 0.6) is 5.75 Å². The summed E-state index contributed by atoms with van der Waals surface area (Å²) in [6, 6.07) is 10.6. The van der Waals surface area contributed by atoms with Gasteiger partial charge in [-0.3, -0.25) is 9.59 Å². The van der Waals surface area contributed by atoms with Crippen LogP contribution in [0.25, 0.3) is 0 Å². The number of hydrogen-bond acceptors (Lipinski definition) is 7. The van der Waals surface area contributed by atoms with E-state index in [1.54, 1.807) is 20.8 Å². The zero-order valence-corrected chi connectivity index (χ0v) is 24.2. The van der Waals surface area contributed by atoms with Crippen LogP contribution in [0.4, 0.5) is 4.79 Å². The first-order valence-electron chi connectivity index (χ1n) is 12.3. The van der Waals surface area contributed by atoms with Gasteiger partial charge in [0.05, 0.1) is 6.61 Å². The molecule has 37 heavy (non-hydrogen) atoms. The van der Waals surface area contributed by atoms with Gasteiger partial charge in [0.2, 0.25) is 16.9 Å². The van der Waals surface area contributed by atoms with Crippen LogP contribution in [0.15, 0.2) is 45.6 Å². The Bertz CT molecular complexity index is 1120. The Hall–Kier alpha value is -3.11. The third-order valence-corrected chi connectivity index (χ3v) is 10.3. The molecular formula is C27H40N2O7Si. The van der Waals surface area contributed by atoms with E-state index in [1.165, 1.54) is 6.07 Å². The number of carbonyl (C=O) groups excluding carboxylic acids is 2. The van der Waals surface area contributed by atoms with Crippen molar-refractivity contribution in [1.29, 1.82) is 0 Å². The standard InChI is InChI=1S/C27H40N2O7Si/c1-26(2,3)36-25(32)29-15-14-28-24(31)23-22(33-17-19-12-10-9-11-13-19)21(30)16-20(35-23)18-34-37(7,8)27(4,5)6/h9-13,16H,14-15,17-18H2,1-8H3,(H,28,31)(H,29,32). The van der Waals surface area contributed by atoms with Crippen molar-refractivity contribution in [3.63, 3.8) is 0 Å². The van der Waals surface area contributed by atoms with Gasteiger partial charge >= 0.3 is 6.09 Å². The van der Waals surface area contributed by atoms with Crippen LogP contribution in [-0.4, -0.2) is 39.0 Å². The minimum Gasteiger partial charge on any atom is -0.481 e. The zero-order valence-electron chi connectivity index (χ0n) is 23.2. The first-order valence-corrected chi connectivity index (χ1v) is 15.2. The first kappa shape index (κ1) is 30.1. The van der Waals surface area contributed by atoms with Crippen molar-refractivity contribution in [3.8, 4) is 5.75 Å². The largest absolute Gasteiger partial charge is 0.481 e. The lowest BCUT2D eigenvalue weighted by atomic mass is 10.2. The summed E-state index contributed by atoms with van der Waals surface area (Å²) in [7, 11) is -2.12. The van der Waals surface area contributed by atoms with E-state index in [-0.39, 0.29) is 48.6 Å². The fourth-order valence-corrected chi connectivity index (χ4v) is 3.76. The van der Waals surface area contributed by atoms with Crippen molar-refractivity contribution >= 4 is 20.3 Å². The summed E-state index contributed by atoms with van der Waals surface area (Å²) >= 11 is 0. The second kappa shape index (κ2) is 12.4. The van der Waals surface area contributed by atoms with E-state index in [1.807, 2.05) is 30.3 Å². The number of ether oxygens (including phenoxy) is 2. The summed E-state index contributed by atoms with van der Waals surface area (Å²) in [6.07, 6.45) is -0.593. The van der Waals surface area contributed by atoms with E-state index >= 15 is 0 Å². The molecule has 1 aromatic heterocycles. The molecule has 0 bridgehead atoms. The Morgan fingerprint density at radius 1 is 0.946 bits per heavy atom. The van der Waals surface area contributed by atoms with Gasteiger partial charge in [0.25, 0.3) is 5.91 Å². The van der Waals surface area contributed by atoms with Gasteiger partial charge in [-0.1, -0.05) is 51.1 Å². The van der Waals surface area contributed by atoms with E-state index in [0.29, 0.717) is 0 Å². The molecule has 1 heterocycles. The van der Waals surface area contributed by atoms with Crippen LogP contribution in [-0.2, 0) is 22.4 Å². The molecule has 2 rings (SSSR count). The van der Waals surface area contributed by atoms with Crippen LogP contribution >= 0.6 is 0 Å². The molecular weight excluding hydrogens is 492 g/mol. The molecule has 0 unspecified atom stereocenters. The molecule has 0 aliphatic rings. The van der Waals surface area contributed by atoms with Gasteiger partial charge in [-0.2, -0.15) is 0 Å². The number of hydrogen-bond donors (Lipinski definition) is 2. The molecule has 2 N–H and O–H groups in total. The molecule has 0 saturated heterocycles. The second-order valence-electron chi connectivity index (χ2n) is 11.2. The van der Waals surface area contributed by atoms with Crippen LogP contribution in [0.2, 0.25) is 18.1 Å². The highest BCUT2D eigenvalue weighted by Crippen LogP contribution is 2.37. The minimum absolute atomic E-state index is 0.0344. The van der Waals surface area contributed by atoms with Crippen molar-refractivity contribution in [2.45, 2.75) is 78.5 Å². The normalized spacial score (nSPS) is 12.1. The summed E-state index contributed by atoms with van der Waals surface area (Å²) in [5, 5.41) is 5.18.